The van der Waals surface area contributed by atoms with Crippen LogP contribution >= 0.6 is 0 Å². The summed E-state index contributed by atoms with van der Waals surface area (Å²) in [7, 11) is 3.37. The molecule has 0 aliphatic carbocycles. The molecule has 1 aliphatic rings. The standard InChI is InChI=1S/C23H27FN6O2/c1-25-23(27-17-11-12-22-28-21(15-31-2)29-30(22)14-17)26-13-16-7-3-5-9-19(16)32-20-10-6-4-8-18(20)24/h3-10,17H,11-15H2,1-2H3,(H2,25,26,27). The van der Waals surface area contributed by atoms with Crippen LogP contribution in [0.4, 0.5) is 4.39 Å². The predicted octanol–water partition coefficient (Wildman–Crippen LogP) is 3.04. The van der Waals surface area contributed by atoms with Crippen LogP contribution in [-0.2, 0) is 30.9 Å². The van der Waals surface area contributed by atoms with Gasteiger partial charge < -0.3 is 20.1 Å². The number of aliphatic imine (C=N–C) groups is 1. The number of benzene rings is 2. The lowest BCUT2D eigenvalue weighted by Gasteiger charge is -2.25. The van der Waals surface area contributed by atoms with Gasteiger partial charge >= 0.3 is 0 Å². The van der Waals surface area contributed by atoms with Gasteiger partial charge in [0.05, 0.1) is 6.54 Å². The maximum Gasteiger partial charge on any atom is 0.191 e. The summed E-state index contributed by atoms with van der Waals surface area (Å²) >= 11 is 0. The average Bonchev–Trinajstić information content (AvgIpc) is 3.21. The Morgan fingerprint density at radius 3 is 2.75 bits per heavy atom. The number of nitrogens with one attached hydrogen (secondary N) is 2. The van der Waals surface area contributed by atoms with Crippen LogP contribution in [0.1, 0.15) is 23.6 Å². The first-order valence-corrected chi connectivity index (χ1v) is 10.5. The monoisotopic (exact) mass is 438 g/mol. The van der Waals surface area contributed by atoms with Gasteiger partial charge in [-0.05, 0) is 24.6 Å². The molecule has 1 aliphatic heterocycles. The molecule has 0 spiro atoms. The van der Waals surface area contributed by atoms with Crippen LogP contribution in [0.25, 0.3) is 0 Å². The molecule has 0 amide bonds. The molecule has 2 N–H and O–H groups in total. The molecule has 3 aromatic rings. The number of rotatable bonds is 7. The van der Waals surface area contributed by atoms with E-state index in [0.29, 0.717) is 37.2 Å². The van der Waals surface area contributed by atoms with Gasteiger partial charge in [-0.2, -0.15) is 5.10 Å². The molecule has 0 saturated heterocycles. The smallest absolute Gasteiger partial charge is 0.191 e. The topological polar surface area (TPSA) is 85.6 Å². The predicted molar refractivity (Wildman–Crippen MR) is 119 cm³/mol. The molecule has 0 bridgehead atoms. The number of aromatic nitrogens is 3. The number of nitrogens with zero attached hydrogens (tertiary/aromatic N) is 4. The van der Waals surface area contributed by atoms with E-state index >= 15 is 0 Å². The second-order valence-corrected chi connectivity index (χ2v) is 7.51. The van der Waals surface area contributed by atoms with Crippen LogP contribution in [-0.4, -0.2) is 40.9 Å². The minimum atomic E-state index is -0.397. The van der Waals surface area contributed by atoms with Crippen molar-refractivity contribution in [3.05, 3.63) is 71.6 Å². The van der Waals surface area contributed by atoms with Gasteiger partial charge in [0, 0.05) is 38.7 Å². The molecule has 8 nitrogen and oxygen atoms in total. The minimum Gasteiger partial charge on any atom is -0.454 e. The molecule has 168 valence electrons. The number of aryl methyl sites for hydroxylation is 1. The van der Waals surface area contributed by atoms with Crippen molar-refractivity contribution in [3.63, 3.8) is 0 Å². The van der Waals surface area contributed by atoms with Crippen LogP contribution in [0.5, 0.6) is 11.5 Å². The maximum atomic E-state index is 14.0. The Hall–Kier alpha value is -3.46. The highest BCUT2D eigenvalue weighted by Crippen LogP contribution is 2.27. The highest BCUT2D eigenvalue weighted by Gasteiger charge is 2.22. The van der Waals surface area contributed by atoms with Crippen molar-refractivity contribution in [3.8, 4) is 11.5 Å². The van der Waals surface area contributed by atoms with Crippen molar-refractivity contribution < 1.29 is 13.9 Å². The number of fused-ring (bicyclic) bond motifs is 1. The SMILES string of the molecule is CN=C(NCc1ccccc1Oc1ccccc1F)NC1CCc2nc(COC)nn2C1. The molecule has 9 heteroatoms. The first kappa shape index (κ1) is 21.8. The van der Waals surface area contributed by atoms with Crippen molar-refractivity contribution in [1.82, 2.24) is 25.4 Å². The number of methoxy groups -OCH3 is 1. The highest BCUT2D eigenvalue weighted by atomic mass is 19.1. The molecule has 1 aromatic heterocycles. The Labute approximate surface area is 186 Å². The lowest BCUT2D eigenvalue weighted by Crippen LogP contribution is -2.46. The molecule has 0 fully saturated rings. The number of ether oxygens (including phenoxy) is 2. The summed E-state index contributed by atoms with van der Waals surface area (Å²) < 4.78 is 26.9. The molecule has 1 atom stereocenters. The second-order valence-electron chi connectivity index (χ2n) is 7.51. The zero-order valence-electron chi connectivity index (χ0n) is 18.2. The van der Waals surface area contributed by atoms with Crippen molar-refractivity contribution in [2.24, 2.45) is 4.99 Å². The van der Waals surface area contributed by atoms with E-state index < -0.39 is 5.82 Å². The molecular weight excluding hydrogens is 411 g/mol. The molecule has 0 radical (unpaired) electrons. The van der Waals surface area contributed by atoms with E-state index in [2.05, 4.69) is 25.7 Å². The van der Waals surface area contributed by atoms with Crippen LogP contribution in [0, 0.1) is 5.82 Å². The fourth-order valence-electron chi connectivity index (χ4n) is 3.63. The van der Waals surface area contributed by atoms with Crippen LogP contribution in [0.15, 0.2) is 53.5 Å². The molecule has 1 unspecified atom stereocenters. The molecule has 0 saturated carbocycles. The zero-order valence-corrected chi connectivity index (χ0v) is 18.2. The van der Waals surface area contributed by atoms with Gasteiger partial charge in [-0.1, -0.05) is 30.3 Å². The molecule has 2 aromatic carbocycles. The second kappa shape index (κ2) is 10.2. The fourth-order valence-corrected chi connectivity index (χ4v) is 3.63. The Kier molecular flexibility index (Phi) is 6.96. The van der Waals surface area contributed by atoms with Gasteiger partial charge in [0.2, 0.25) is 0 Å². The van der Waals surface area contributed by atoms with E-state index in [1.807, 2.05) is 28.9 Å². The van der Waals surface area contributed by atoms with E-state index in [-0.39, 0.29) is 11.8 Å². The lowest BCUT2D eigenvalue weighted by molar-refractivity contribution is 0.177. The molecule has 32 heavy (non-hydrogen) atoms. The summed E-state index contributed by atoms with van der Waals surface area (Å²) in [5.74, 6) is 2.76. The molecule has 4 rings (SSSR count). The summed E-state index contributed by atoms with van der Waals surface area (Å²) in [6.07, 6.45) is 1.77. The summed E-state index contributed by atoms with van der Waals surface area (Å²) in [6.45, 7) is 1.60. The normalized spacial score (nSPS) is 15.8. The quantitative estimate of drug-likeness (QED) is 0.436. The van der Waals surface area contributed by atoms with Crippen molar-refractivity contribution in [1.29, 1.82) is 0 Å². The third-order valence-corrected chi connectivity index (χ3v) is 5.22. The zero-order chi connectivity index (χ0) is 22.3. The van der Waals surface area contributed by atoms with Crippen LogP contribution in [0.2, 0.25) is 0 Å². The van der Waals surface area contributed by atoms with Gasteiger partial charge in [0.1, 0.15) is 18.2 Å². The number of halogens is 1. The van der Waals surface area contributed by atoms with Crippen LogP contribution in [0.3, 0.4) is 0 Å². The summed E-state index contributed by atoms with van der Waals surface area (Å²) in [5.41, 5.74) is 0.894. The van der Waals surface area contributed by atoms with Crippen LogP contribution < -0.4 is 15.4 Å². The van der Waals surface area contributed by atoms with Gasteiger partial charge in [0.15, 0.2) is 23.4 Å². The number of hydrogen-bond donors (Lipinski definition) is 2. The summed E-state index contributed by atoms with van der Waals surface area (Å²) in [5, 5.41) is 11.3. The first-order valence-electron chi connectivity index (χ1n) is 10.5. The minimum absolute atomic E-state index is 0.177. The van der Waals surface area contributed by atoms with Gasteiger partial charge in [0.25, 0.3) is 0 Å². The van der Waals surface area contributed by atoms with Crippen molar-refractivity contribution >= 4 is 5.96 Å². The first-order chi connectivity index (χ1) is 15.7. The largest absolute Gasteiger partial charge is 0.454 e. The van der Waals surface area contributed by atoms with E-state index in [1.165, 1.54) is 6.07 Å². The van der Waals surface area contributed by atoms with Gasteiger partial charge in [-0.15, -0.1) is 0 Å². The molecular formula is C23H27FN6O2. The fraction of sp³-hybridized carbons (Fsp3) is 0.348. The highest BCUT2D eigenvalue weighted by molar-refractivity contribution is 5.80. The Balaban J connectivity index is 1.37. The van der Waals surface area contributed by atoms with Gasteiger partial charge in [-0.3, -0.25) is 4.99 Å². The van der Waals surface area contributed by atoms with E-state index in [4.69, 9.17) is 9.47 Å². The third kappa shape index (κ3) is 5.23. The van der Waals surface area contributed by atoms with Crippen molar-refractivity contribution in [2.75, 3.05) is 14.2 Å². The van der Waals surface area contributed by atoms with E-state index in [0.717, 1.165) is 24.2 Å². The summed E-state index contributed by atoms with van der Waals surface area (Å²) in [4.78, 5) is 8.86. The Morgan fingerprint density at radius 1 is 1.19 bits per heavy atom. The lowest BCUT2D eigenvalue weighted by atomic mass is 10.1. The van der Waals surface area contributed by atoms with E-state index in [1.54, 1.807) is 32.4 Å². The Morgan fingerprint density at radius 2 is 1.97 bits per heavy atom. The molecule has 2 heterocycles. The summed E-state index contributed by atoms with van der Waals surface area (Å²) in [6, 6.07) is 14.1. The average molecular weight is 439 g/mol. The third-order valence-electron chi connectivity index (χ3n) is 5.22. The maximum absolute atomic E-state index is 14.0. The van der Waals surface area contributed by atoms with Gasteiger partial charge in [-0.25, -0.2) is 14.1 Å². The van der Waals surface area contributed by atoms with Crippen molar-refractivity contribution in [2.45, 2.75) is 38.6 Å². The number of para-hydroxylation sites is 2. The van der Waals surface area contributed by atoms with E-state index in [9.17, 15) is 4.39 Å². The Bertz CT molecular complexity index is 1080. The number of guanidine groups is 1. The number of hydrogen-bond acceptors (Lipinski definition) is 5.